The molecule has 0 atom stereocenters. The fourth-order valence-corrected chi connectivity index (χ4v) is 2.71. The summed E-state index contributed by atoms with van der Waals surface area (Å²) < 4.78 is 38.9. The van der Waals surface area contributed by atoms with Gasteiger partial charge in [0.1, 0.15) is 23.5 Å². The number of hydrogen-bond acceptors (Lipinski definition) is 7. The number of aromatic nitrogens is 5. The van der Waals surface area contributed by atoms with E-state index in [2.05, 4.69) is 30.3 Å². The van der Waals surface area contributed by atoms with Crippen molar-refractivity contribution in [1.82, 2.24) is 24.9 Å². The van der Waals surface area contributed by atoms with Gasteiger partial charge in [0.05, 0.1) is 25.5 Å². The number of anilines is 1. The van der Waals surface area contributed by atoms with Crippen molar-refractivity contribution in [1.29, 1.82) is 0 Å². The average molecular weight is 412 g/mol. The SMILES string of the molecule is COC(=O)Nc1nc(-c2cc(-c3ccon3)n(Cc3ccccc3F)n2)ncc1F. The molecule has 11 heteroatoms. The number of methoxy groups -OCH3 is 1. The molecule has 3 heterocycles. The normalized spacial score (nSPS) is 10.8. The fraction of sp³-hybridized carbons (Fsp3) is 0.105. The van der Waals surface area contributed by atoms with E-state index in [1.165, 1.54) is 17.0 Å². The van der Waals surface area contributed by atoms with Gasteiger partial charge in [-0.15, -0.1) is 0 Å². The van der Waals surface area contributed by atoms with E-state index in [0.29, 0.717) is 17.0 Å². The lowest BCUT2D eigenvalue weighted by molar-refractivity contribution is 0.186. The first-order valence-corrected chi connectivity index (χ1v) is 8.65. The Labute approximate surface area is 168 Å². The molecule has 0 fully saturated rings. The van der Waals surface area contributed by atoms with Crippen LogP contribution in [0, 0.1) is 11.6 Å². The van der Waals surface area contributed by atoms with Crippen LogP contribution in [0.5, 0.6) is 0 Å². The number of ether oxygens (including phenoxy) is 1. The van der Waals surface area contributed by atoms with Gasteiger partial charge in [0.25, 0.3) is 0 Å². The molecule has 0 saturated carbocycles. The van der Waals surface area contributed by atoms with Crippen molar-refractivity contribution in [3.63, 3.8) is 0 Å². The van der Waals surface area contributed by atoms with Gasteiger partial charge in [-0.05, 0) is 12.1 Å². The Morgan fingerprint density at radius 1 is 1.20 bits per heavy atom. The number of halogens is 2. The second-order valence-corrected chi connectivity index (χ2v) is 6.06. The zero-order chi connectivity index (χ0) is 21.1. The lowest BCUT2D eigenvalue weighted by Gasteiger charge is -2.06. The maximum atomic E-state index is 14.1. The molecule has 0 spiro atoms. The summed E-state index contributed by atoms with van der Waals surface area (Å²) in [5.74, 6) is -1.55. The van der Waals surface area contributed by atoms with E-state index < -0.39 is 11.9 Å². The van der Waals surface area contributed by atoms with Crippen LogP contribution < -0.4 is 5.32 Å². The predicted octanol–water partition coefficient (Wildman–Crippen LogP) is 3.50. The Kier molecular flexibility index (Phi) is 5.16. The molecule has 1 amide bonds. The molecule has 1 N–H and O–H groups in total. The minimum atomic E-state index is -0.882. The van der Waals surface area contributed by atoms with Gasteiger partial charge in [0.2, 0.25) is 0 Å². The molecule has 0 aliphatic rings. The zero-order valence-corrected chi connectivity index (χ0v) is 15.5. The van der Waals surface area contributed by atoms with Gasteiger partial charge in [-0.3, -0.25) is 10.00 Å². The Morgan fingerprint density at radius 2 is 2.03 bits per heavy atom. The van der Waals surface area contributed by atoms with Gasteiger partial charge in [-0.25, -0.2) is 23.5 Å². The maximum absolute atomic E-state index is 14.1. The monoisotopic (exact) mass is 412 g/mol. The summed E-state index contributed by atoms with van der Waals surface area (Å²) in [5.41, 5.74) is 1.64. The Balaban J connectivity index is 1.76. The van der Waals surface area contributed by atoms with Gasteiger partial charge in [-0.2, -0.15) is 5.10 Å². The van der Waals surface area contributed by atoms with Gasteiger partial charge in [0, 0.05) is 11.6 Å². The first-order chi connectivity index (χ1) is 14.5. The molecule has 0 aliphatic heterocycles. The smallest absolute Gasteiger partial charge is 0.412 e. The number of nitrogens with zero attached hydrogens (tertiary/aromatic N) is 5. The van der Waals surface area contributed by atoms with Crippen LogP contribution in [0.25, 0.3) is 22.9 Å². The van der Waals surface area contributed by atoms with Crippen LogP contribution in [-0.2, 0) is 11.3 Å². The molecule has 1 aromatic carbocycles. The number of hydrogen-bond donors (Lipinski definition) is 1. The summed E-state index contributed by atoms with van der Waals surface area (Å²) in [7, 11) is 1.14. The molecule has 152 valence electrons. The molecule has 0 unspecified atom stereocenters. The summed E-state index contributed by atoms with van der Waals surface area (Å²) in [6.45, 7) is 0.101. The van der Waals surface area contributed by atoms with Gasteiger partial charge < -0.3 is 9.26 Å². The molecule has 9 nitrogen and oxygen atoms in total. The van der Waals surface area contributed by atoms with Crippen LogP contribution in [0.1, 0.15) is 5.56 Å². The van der Waals surface area contributed by atoms with Crippen LogP contribution in [0.3, 0.4) is 0 Å². The van der Waals surface area contributed by atoms with Crippen LogP contribution in [0.4, 0.5) is 19.4 Å². The highest BCUT2D eigenvalue weighted by molar-refractivity contribution is 5.83. The van der Waals surface area contributed by atoms with Crippen molar-refractivity contribution in [2.24, 2.45) is 0 Å². The van der Waals surface area contributed by atoms with Crippen molar-refractivity contribution >= 4 is 11.9 Å². The highest BCUT2D eigenvalue weighted by atomic mass is 19.1. The highest BCUT2D eigenvalue weighted by Crippen LogP contribution is 2.26. The summed E-state index contributed by atoms with van der Waals surface area (Å²) in [4.78, 5) is 19.3. The standard InChI is InChI=1S/C19H14F2N6O3/c1-29-19(28)24-17-13(21)9-22-18(23-17)15-8-16(14-6-7-30-26-14)27(25-15)10-11-4-2-3-5-12(11)20/h2-9H,10H2,1H3,(H,22,23,24,28). The van der Waals surface area contributed by atoms with Crippen molar-refractivity contribution in [3.8, 4) is 22.9 Å². The van der Waals surface area contributed by atoms with Crippen molar-refractivity contribution in [2.45, 2.75) is 6.54 Å². The molecule has 0 bridgehead atoms. The van der Waals surface area contributed by atoms with Crippen molar-refractivity contribution in [2.75, 3.05) is 12.4 Å². The molecule has 0 radical (unpaired) electrons. The minimum Gasteiger partial charge on any atom is -0.453 e. The average Bonchev–Trinajstić information content (AvgIpc) is 3.41. The van der Waals surface area contributed by atoms with Crippen molar-refractivity contribution in [3.05, 3.63) is 66.1 Å². The number of rotatable bonds is 5. The third-order valence-corrected chi connectivity index (χ3v) is 4.14. The van der Waals surface area contributed by atoms with Crippen LogP contribution in [0.15, 0.2) is 53.4 Å². The first-order valence-electron chi connectivity index (χ1n) is 8.65. The molecular formula is C19H14F2N6O3. The Bertz CT molecular complexity index is 1190. The molecule has 4 aromatic rings. The minimum absolute atomic E-state index is 0.0415. The van der Waals surface area contributed by atoms with Crippen LogP contribution >= 0.6 is 0 Å². The lowest BCUT2D eigenvalue weighted by Crippen LogP contribution is -2.14. The largest absolute Gasteiger partial charge is 0.453 e. The highest BCUT2D eigenvalue weighted by Gasteiger charge is 2.18. The molecule has 0 aliphatic carbocycles. The van der Waals surface area contributed by atoms with Crippen LogP contribution in [0.2, 0.25) is 0 Å². The molecule has 30 heavy (non-hydrogen) atoms. The third kappa shape index (κ3) is 3.85. The summed E-state index contributed by atoms with van der Waals surface area (Å²) in [6, 6.07) is 9.52. The van der Waals surface area contributed by atoms with Gasteiger partial charge >= 0.3 is 6.09 Å². The van der Waals surface area contributed by atoms with E-state index in [4.69, 9.17) is 4.52 Å². The van der Waals surface area contributed by atoms with Gasteiger partial charge in [-0.1, -0.05) is 23.4 Å². The molecule has 4 rings (SSSR count). The first kappa shape index (κ1) is 19.2. The predicted molar refractivity (Wildman–Crippen MR) is 100 cm³/mol. The summed E-state index contributed by atoms with van der Waals surface area (Å²) >= 11 is 0. The number of carbonyl (C=O) groups excluding carboxylic acids is 1. The van der Waals surface area contributed by atoms with E-state index in [1.54, 1.807) is 30.3 Å². The van der Waals surface area contributed by atoms with E-state index in [9.17, 15) is 13.6 Å². The van der Waals surface area contributed by atoms with Crippen LogP contribution in [-0.4, -0.2) is 38.1 Å². The number of benzene rings is 1. The molecule has 3 aromatic heterocycles. The summed E-state index contributed by atoms with van der Waals surface area (Å²) in [5, 5.41) is 10.5. The number of amides is 1. The topological polar surface area (TPSA) is 108 Å². The third-order valence-electron chi connectivity index (χ3n) is 4.14. The van der Waals surface area contributed by atoms with Gasteiger partial charge in [0.15, 0.2) is 17.5 Å². The van der Waals surface area contributed by atoms with E-state index in [0.717, 1.165) is 13.3 Å². The van der Waals surface area contributed by atoms with E-state index >= 15 is 0 Å². The van der Waals surface area contributed by atoms with E-state index in [1.807, 2.05) is 0 Å². The zero-order valence-electron chi connectivity index (χ0n) is 15.5. The quantitative estimate of drug-likeness (QED) is 0.534. The maximum Gasteiger partial charge on any atom is 0.412 e. The second kappa shape index (κ2) is 8.07. The molecule has 0 saturated heterocycles. The number of nitrogens with one attached hydrogen (secondary N) is 1. The second-order valence-electron chi connectivity index (χ2n) is 6.06. The number of carbonyl (C=O) groups is 1. The van der Waals surface area contributed by atoms with Crippen molar-refractivity contribution < 1.29 is 22.8 Å². The Morgan fingerprint density at radius 3 is 2.77 bits per heavy atom. The molecular weight excluding hydrogens is 398 g/mol. The summed E-state index contributed by atoms with van der Waals surface area (Å²) in [6.07, 6.45) is 1.41. The lowest BCUT2D eigenvalue weighted by atomic mass is 10.2. The van der Waals surface area contributed by atoms with E-state index in [-0.39, 0.29) is 29.7 Å². The fourth-order valence-electron chi connectivity index (χ4n) is 2.71. The Hall–Kier alpha value is -4.15.